The largest absolute Gasteiger partial charge is 0.550 e. The van der Waals surface area contributed by atoms with Gasteiger partial charge >= 0.3 is 0 Å². The van der Waals surface area contributed by atoms with Crippen molar-refractivity contribution >= 4 is 5.97 Å². The molecule has 0 rings (SSSR count). The molecule has 0 aromatic carbocycles. The van der Waals surface area contributed by atoms with E-state index < -0.39 is 5.97 Å². The Kier molecular flexibility index (Phi) is 26.0. The van der Waals surface area contributed by atoms with Crippen LogP contribution in [0.3, 0.4) is 0 Å². The SMILES string of the molecule is CCCCC(=O)[O-].CCCCCCCCCCCCCCCC[NH+](C)C. The normalized spacial score (nSPS) is 10.7. The average Bonchev–Trinajstić information content (AvgIpc) is 2.60. The number of carbonyl (C=O) groups excluding carboxylic acids is 1. The van der Waals surface area contributed by atoms with Crippen molar-refractivity contribution in [3.63, 3.8) is 0 Å². The topological polar surface area (TPSA) is 44.6 Å². The van der Waals surface area contributed by atoms with Crippen molar-refractivity contribution in [1.82, 2.24) is 0 Å². The molecule has 0 saturated carbocycles. The first-order chi connectivity index (χ1) is 12.5. The fourth-order valence-electron chi connectivity index (χ4n) is 2.99. The summed E-state index contributed by atoms with van der Waals surface area (Å²) in [4.78, 5) is 11.2. The molecule has 0 aliphatic carbocycles. The number of nitrogens with one attached hydrogen (secondary N) is 1. The monoisotopic (exact) mass is 371 g/mol. The molecule has 0 fully saturated rings. The minimum Gasteiger partial charge on any atom is -0.550 e. The second kappa shape index (κ2) is 24.4. The van der Waals surface area contributed by atoms with E-state index in [2.05, 4.69) is 21.0 Å². The van der Waals surface area contributed by atoms with Crippen LogP contribution in [-0.2, 0) is 4.79 Å². The van der Waals surface area contributed by atoms with Gasteiger partial charge < -0.3 is 14.8 Å². The number of quaternary nitrogens is 1. The third kappa shape index (κ3) is 31.2. The fourth-order valence-corrected chi connectivity index (χ4v) is 2.99. The van der Waals surface area contributed by atoms with Gasteiger partial charge in [0.1, 0.15) is 0 Å². The fraction of sp³-hybridized carbons (Fsp3) is 0.957. The summed E-state index contributed by atoms with van der Waals surface area (Å²) in [6.07, 6.45) is 22.3. The third-order valence-corrected chi connectivity index (χ3v) is 4.76. The molecule has 3 heteroatoms. The predicted molar refractivity (Wildman–Crippen MR) is 113 cm³/mol. The number of unbranched alkanes of at least 4 members (excludes halogenated alkanes) is 14. The molecule has 0 aliphatic rings. The van der Waals surface area contributed by atoms with Gasteiger partial charge in [-0.25, -0.2) is 0 Å². The van der Waals surface area contributed by atoms with Crippen LogP contribution in [0.1, 0.15) is 123 Å². The highest BCUT2D eigenvalue weighted by Crippen LogP contribution is 2.12. The molecule has 158 valence electrons. The average molecular weight is 372 g/mol. The van der Waals surface area contributed by atoms with Gasteiger partial charge in [0.05, 0.1) is 20.6 Å². The van der Waals surface area contributed by atoms with Gasteiger partial charge in [0.15, 0.2) is 0 Å². The number of hydrogen-bond donors (Lipinski definition) is 1. The Bertz CT molecular complexity index is 267. The van der Waals surface area contributed by atoms with E-state index in [0.717, 1.165) is 12.8 Å². The van der Waals surface area contributed by atoms with Gasteiger partial charge in [0.2, 0.25) is 0 Å². The molecular formula is C23H49NO2. The van der Waals surface area contributed by atoms with Crippen LogP contribution in [0.4, 0.5) is 0 Å². The van der Waals surface area contributed by atoms with E-state index in [9.17, 15) is 9.90 Å². The number of carboxylic acids is 1. The molecule has 0 aromatic heterocycles. The molecular weight excluding hydrogens is 322 g/mol. The second-order valence-corrected chi connectivity index (χ2v) is 8.03. The van der Waals surface area contributed by atoms with E-state index >= 15 is 0 Å². The summed E-state index contributed by atoms with van der Waals surface area (Å²) in [6, 6.07) is 0. The molecule has 26 heavy (non-hydrogen) atoms. The van der Waals surface area contributed by atoms with Crippen molar-refractivity contribution in [3.05, 3.63) is 0 Å². The number of hydrogen-bond acceptors (Lipinski definition) is 2. The first-order valence-electron chi connectivity index (χ1n) is 11.5. The molecule has 3 nitrogen and oxygen atoms in total. The highest BCUT2D eigenvalue weighted by molar-refractivity contribution is 5.63. The lowest BCUT2D eigenvalue weighted by Crippen LogP contribution is -3.05. The Hall–Kier alpha value is -0.570. The molecule has 0 bridgehead atoms. The van der Waals surface area contributed by atoms with E-state index in [1.807, 2.05) is 6.92 Å². The van der Waals surface area contributed by atoms with E-state index in [-0.39, 0.29) is 6.42 Å². The molecule has 0 aromatic rings. The Morgan fingerprint density at radius 3 is 1.23 bits per heavy atom. The lowest BCUT2D eigenvalue weighted by atomic mass is 10.0. The number of rotatable bonds is 18. The van der Waals surface area contributed by atoms with E-state index in [1.54, 1.807) is 4.90 Å². The van der Waals surface area contributed by atoms with Gasteiger partial charge in [0.25, 0.3) is 0 Å². The van der Waals surface area contributed by atoms with Gasteiger partial charge in [-0.3, -0.25) is 0 Å². The van der Waals surface area contributed by atoms with E-state index in [0.29, 0.717) is 0 Å². The lowest BCUT2D eigenvalue weighted by Gasteiger charge is -2.06. The highest BCUT2D eigenvalue weighted by Gasteiger charge is 1.95. The Morgan fingerprint density at radius 1 is 0.615 bits per heavy atom. The van der Waals surface area contributed by atoms with Crippen molar-refractivity contribution in [2.24, 2.45) is 0 Å². The van der Waals surface area contributed by atoms with Crippen LogP contribution in [0, 0.1) is 0 Å². The van der Waals surface area contributed by atoms with Gasteiger partial charge in [-0.1, -0.05) is 97.3 Å². The number of carboxylic acid groups (broad SMARTS) is 1. The van der Waals surface area contributed by atoms with Crippen LogP contribution in [0.15, 0.2) is 0 Å². The molecule has 0 amide bonds. The summed E-state index contributed by atoms with van der Waals surface area (Å²) in [5.74, 6) is -0.943. The summed E-state index contributed by atoms with van der Waals surface area (Å²) in [6.45, 7) is 5.59. The Balaban J connectivity index is 0. The van der Waals surface area contributed by atoms with Crippen LogP contribution in [0.25, 0.3) is 0 Å². The summed E-state index contributed by atoms with van der Waals surface area (Å²) < 4.78 is 0. The molecule has 1 N–H and O–H groups in total. The summed E-state index contributed by atoms with van der Waals surface area (Å²) in [7, 11) is 4.50. The first-order valence-corrected chi connectivity index (χ1v) is 11.5. The van der Waals surface area contributed by atoms with Crippen molar-refractivity contribution in [2.45, 2.75) is 123 Å². The maximum absolute atomic E-state index is 9.65. The summed E-state index contributed by atoms with van der Waals surface area (Å²) >= 11 is 0. The molecule has 0 saturated heterocycles. The third-order valence-electron chi connectivity index (χ3n) is 4.76. The number of aliphatic carboxylic acids is 1. The van der Waals surface area contributed by atoms with Gasteiger partial charge in [-0.2, -0.15) is 0 Å². The standard InChI is InChI=1S/C18H39N.C5H10O2/c1-4-5-6-7-8-9-10-11-12-13-14-15-16-17-18-19(2)3;1-2-3-4-5(6)7/h4-18H2,1-3H3;2-4H2,1H3,(H,6,7). The van der Waals surface area contributed by atoms with Gasteiger partial charge in [-0.15, -0.1) is 0 Å². The molecule has 0 aliphatic heterocycles. The van der Waals surface area contributed by atoms with Gasteiger partial charge in [0, 0.05) is 5.97 Å². The van der Waals surface area contributed by atoms with Crippen LogP contribution in [-0.4, -0.2) is 26.6 Å². The minimum absolute atomic E-state index is 0.205. The minimum atomic E-state index is -0.943. The maximum Gasteiger partial charge on any atom is 0.0766 e. The highest BCUT2D eigenvalue weighted by atomic mass is 16.4. The zero-order valence-electron chi connectivity index (χ0n) is 18.5. The first kappa shape index (κ1) is 27.6. The van der Waals surface area contributed by atoms with Crippen LogP contribution < -0.4 is 10.0 Å². The predicted octanol–water partition coefficient (Wildman–Crippen LogP) is 4.54. The zero-order chi connectivity index (χ0) is 19.9. The van der Waals surface area contributed by atoms with Crippen LogP contribution >= 0.6 is 0 Å². The van der Waals surface area contributed by atoms with Crippen molar-refractivity contribution < 1.29 is 14.8 Å². The Labute approximate surface area is 164 Å². The maximum atomic E-state index is 9.65. The van der Waals surface area contributed by atoms with E-state index in [4.69, 9.17) is 0 Å². The zero-order valence-corrected chi connectivity index (χ0v) is 18.5. The lowest BCUT2D eigenvalue weighted by molar-refractivity contribution is -0.858. The summed E-state index contributed by atoms with van der Waals surface area (Å²) in [5.41, 5.74) is 0. The molecule has 0 heterocycles. The molecule has 0 atom stereocenters. The molecule has 0 unspecified atom stereocenters. The van der Waals surface area contributed by atoms with Crippen LogP contribution in [0.2, 0.25) is 0 Å². The molecule has 0 spiro atoms. The quantitative estimate of drug-likeness (QED) is 0.360. The Morgan fingerprint density at radius 2 is 0.962 bits per heavy atom. The molecule has 0 radical (unpaired) electrons. The smallest absolute Gasteiger partial charge is 0.0766 e. The van der Waals surface area contributed by atoms with Crippen molar-refractivity contribution in [3.8, 4) is 0 Å². The second-order valence-electron chi connectivity index (χ2n) is 8.03. The van der Waals surface area contributed by atoms with E-state index in [1.165, 1.54) is 96.4 Å². The summed E-state index contributed by atoms with van der Waals surface area (Å²) in [5, 5.41) is 9.65. The van der Waals surface area contributed by atoms with Gasteiger partial charge in [-0.05, 0) is 25.7 Å². The van der Waals surface area contributed by atoms with Crippen molar-refractivity contribution in [1.29, 1.82) is 0 Å². The van der Waals surface area contributed by atoms with Crippen LogP contribution in [0.5, 0.6) is 0 Å². The van der Waals surface area contributed by atoms with Crippen molar-refractivity contribution in [2.75, 3.05) is 20.6 Å². The number of carbonyl (C=O) groups is 1.